The average Bonchev–Trinajstić information content (AvgIpc) is 2.78. The predicted octanol–water partition coefficient (Wildman–Crippen LogP) is 3.15. The molecule has 2 heterocycles. The van der Waals surface area contributed by atoms with Crippen LogP contribution < -0.4 is 5.32 Å². The largest absolute Gasteiger partial charge is 0.467 e. The van der Waals surface area contributed by atoms with Gasteiger partial charge in [0, 0.05) is 23.5 Å². The summed E-state index contributed by atoms with van der Waals surface area (Å²) in [5, 5.41) is 3.35. The topological polar surface area (TPSA) is 38.1 Å². The summed E-state index contributed by atoms with van der Waals surface area (Å²) in [7, 11) is 0. The maximum absolute atomic E-state index is 5.53. The first-order valence-corrected chi connectivity index (χ1v) is 6.01. The van der Waals surface area contributed by atoms with E-state index in [1.165, 1.54) is 5.56 Å². The SMILES string of the molecule is CCCNCc1occc1-c1cnccc1C. The molecule has 0 aliphatic heterocycles. The van der Waals surface area contributed by atoms with Crippen LogP contribution in [0.5, 0.6) is 0 Å². The van der Waals surface area contributed by atoms with E-state index in [0.717, 1.165) is 36.4 Å². The fourth-order valence-corrected chi connectivity index (χ4v) is 1.84. The minimum atomic E-state index is 0.768. The molecule has 0 aromatic carbocycles. The van der Waals surface area contributed by atoms with Gasteiger partial charge in [-0.25, -0.2) is 0 Å². The number of pyridine rings is 1. The van der Waals surface area contributed by atoms with Crippen LogP contribution in [0.25, 0.3) is 11.1 Å². The summed E-state index contributed by atoms with van der Waals surface area (Å²) in [5.41, 5.74) is 3.51. The summed E-state index contributed by atoms with van der Waals surface area (Å²) in [6, 6.07) is 4.03. The molecule has 1 N–H and O–H groups in total. The van der Waals surface area contributed by atoms with Crippen molar-refractivity contribution in [2.45, 2.75) is 26.8 Å². The van der Waals surface area contributed by atoms with Crippen LogP contribution in [0.2, 0.25) is 0 Å². The fraction of sp³-hybridized carbons (Fsp3) is 0.357. The molecule has 0 aliphatic rings. The van der Waals surface area contributed by atoms with Crippen molar-refractivity contribution in [2.75, 3.05) is 6.54 Å². The zero-order valence-corrected chi connectivity index (χ0v) is 10.4. The second kappa shape index (κ2) is 5.64. The third kappa shape index (κ3) is 2.74. The Balaban J connectivity index is 2.22. The molecule has 0 bridgehead atoms. The van der Waals surface area contributed by atoms with Crippen molar-refractivity contribution in [1.29, 1.82) is 0 Å². The molecule has 0 fully saturated rings. The molecule has 0 spiro atoms. The van der Waals surface area contributed by atoms with Gasteiger partial charge in [0.1, 0.15) is 5.76 Å². The molecular weight excluding hydrogens is 212 g/mol. The predicted molar refractivity (Wildman–Crippen MR) is 68.7 cm³/mol. The minimum absolute atomic E-state index is 0.768. The molecule has 3 nitrogen and oxygen atoms in total. The van der Waals surface area contributed by atoms with E-state index in [1.54, 1.807) is 6.26 Å². The molecule has 17 heavy (non-hydrogen) atoms. The summed E-state index contributed by atoms with van der Waals surface area (Å²) < 4.78 is 5.53. The highest BCUT2D eigenvalue weighted by Crippen LogP contribution is 2.26. The quantitative estimate of drug-likeness (QED) is 0.802. The lowest BCUT2D eigenvalue weighted by atomic mass is 10.0. The summed E-state index contributed by atoms with van der Waals surface area (Å²) in [5.74, 6) is 0.981. The Morgan fingerprint density at radius 3 is 2.94 bits per heavy atom. The number of furan rings is 1. The number of nitrogens with zero attached hydrogens (tertiary/aromatic N) is 1. The maximum atomic E-state index is 5.53. The first-order valence-electron chi connectivity index (χ1n) is 6.01. The number of rotatable bonds is 5. The van der Waals surface area contributed by atoms with Crippen molar-refractivity contribution in [1.82, 2.24) is 10.3 Å². The monoisotopic (exact) mass is 230 g/mol. The molecule has 2 aromatic rings. The molecule has 0 unspecified atom stereocenters. The van der Waals surface area contributed by atoms with Crippen LogP contribution >= 0.6 is 0 Å². The molecule has 2 aromatic heterocycles. The Bertz CT molecular complexity index is 477. The maximum Gasteiger partial charge on any atom is 0.125 e. The lowest BCUT2D eigenvalue weighted by Gasteiger charge is -2.06. The fourth-order valence-electron chi connectivity index (χ4n) is 1.84. The van der Waals surface area contributed by atoms with Gasteiger partial charge in [0.05, 0.1) is 12.8 Å². The third-order valence-electron chi connectivity index (χ3n) is 2.79. The zero-order chi connectivity index (χ0) is 12.1. The van der Waals surface area contributed by atoms with Crippen LogP contribution in [-0.4, -0.2) is 11.5 Å². The highest BCUT2D eigenvalue weighted by Gasteiger charge is 2.10. The van der Waals surface area contributed by atoms with Gasteiger partial charge in [-0.3, -0.25) is 4.98 Å². The molecule has 3 heteroatoms. The highest BCUT2D eigenvalue weighted by molar-refractivity contribution is 5.67. The molecule has 0 amide bonds. The van der Waals surface area contributed by atoms with Crippen LogP contribution in [0, 0.1) is 6.92 Å². The normalized spacial score (nSPS) is 10.7. The standard InChI is InChI=1S/C14H18N2O/c1-3-6-15-10-14-12(5-8-17-14)13-9-16-7-4-11(13)2/h4-5,7-9,15H,3,6,10H2,1-2H3. The van der Waals surface area contributed by atoms with Gasteiger partial charge in [-0.1, -0.05) is 6.92 Å². The number of nitrogens with one attached hydrogen (secondary N) is 1. The number of aryl methyl sites for hydroxylation is 1. The Morgan fingerprint density at radius 1 is 1.29 bits per heavy atom. The van der Waals surface area contributed by atoms with E-state index < -0.39 is 0 Å². The summed E-state index contributed by atoms with van der Waals surface area (Å²) in [6.07, 6.45) is 6.57. The van der Waals surface area contributed by atoms with Crippen molar-refractivity contribution >= 4 is 0 Å². The second-order valence-electron chi connectivity index (χ2n) is 4.12. The summed E-state index contributed by atoms with van der Waals surface area (Å²) >= 11 is 0. The first-order chi connectivity index (χ1) is 8.33. The molecule has 90 valence electrons. The zero-order valence-electron chi connectivity index (χ0n) is 10.4. The van der Waals surface area contributed by atoms with Gasteiger partial charge in [-0.2, -0.15) is 0 Å². The Kier molecular flexibility index (Phi) is 3.94. The van der Waals surface area contributed by atoms with E-state index in [2.05, 4.69) is 24.1 Å². The average molecular weight is 230 g/mol. The van der Waals surface area contributed by atoms with Crippen LogP contribution in [0.1, 0.15) is 24.7 Å². The Labute approximate surface area is 102 Å². The Hall–Kier alpha value is -1.61. The van der Waals surface area contributed by atoms with Crippen LogP contribution in [0.4, 0.5) is 0 Å². The Morgan fingerprint density at radius 2 is 2.18 bits per heavy atom. The first kappa shape index (κ1) is 11.9. The van der Waals surface area contributed by atoms with Crippen molar-refractivity contribution in [3.63, 3.8) is 0 Å². The highest BCUT2D eigenvalue weighted by atomic mass is 16.3. The molecule has 2 rings (SSSR count). The second-order valence-corrected chi connectivity index (χ2v) is 4.12. The van der Waals surface area contributed by atoms with E-state index in [-0.39, 0.29) is 0 Å². The minimum Gasteiger partial charge on any atom is -0.467 e. The van der Waals surface area contributed by atoms with E-state index in [0.29, 0.717) is 0 Å². The lowest BCUT2D eigenvalue weighted by molar-refractivity contribution is 0.484. The van der Waals surface area contributed by atoms with E-state index in [1.807, 2.05) is 24.5 Å². The van der Waals surface area contributed by atoms with Gasteiger partial charge in [-0.15, -0.1) is 0 Å². The number of aromatic nitrogens is 1. The number of hydrogen-bond acceptors (Lipinski definition) is 3. The van der Waals surface area contributed by atoms with E-state index in [4.69, 9.17) is 4.42 Å². The third-order valence-corrected chi connectivity index (χ3v) is 2.79. The van der Waals surface area contributed by atoms with E-state index >= 15 is 0 Å². The smallest absolute Gasteiger partial charge is 0.125 e. The van der Waals surface area contributed by atoms with Crippen LogP contribution in [0.15, 0.2) is 35.2 Å². The molecular formula is C14H18N2O. The van der Waals surface area contributed by atoms with Gasteiger partial charge < -0.3 is 9.73 Å². The van der Waals surface area contributed by atoms with E-state index in [9.17, 15) is 0 Å². The van der Waals surface area contributed by atoms with Gasteiger partial charge in [-0.05, 0) is 37.6 Å². The lowest BCUT2D eigenvalue weighted by Crippen LogP contribution is -2.13. The van der Waals surface area contributed by atoms with Crippen molar-refractivity contribution in [3.8, 4) is 11.1 Å². The van der Waals surface area contributed by atoms with Gasteiger partial charge in [0.25, 0.3) is 0 Å². The molecule has 0 saturated carbocycles. The molecule has 0 radical (unpaired) electrons. The van der Waals surface area contributed by atoms with Gasteiger partial charge >= 0.3 is 0 Å². The van der Waals surface area contributed by atoms with Crippen molar-refractivity contribution < 1.29 is 4.42 Å². The van der Waals surface area contributed by atoms with Crippen LogP contribution in [0.3, 0.4) is 0 Å². The summed E-state index contributed by atoms with van der Waals surface area (Å²) in [4.78, 5) is 4.18. The number of hydrogen-bond donors (Lipinski definition) is 1. The van der Waals surface area contributed by atoms with Gasteiger partial charge in [0.15, 0.2) is 0 Å². The molecule has 0 saturated heterocycles. The summed E-state index contributed by atoms with van der Waals surface area (Å²) in [6.45, 7) is 6.02. The van der Waals surface area contributed by atoms with Crippen molar-refractivity contribution in [2.24, 2.45) is 0 Å². The van der Waals surface area contributed by atoms with Gasteiger partial charge in [0.2, 0.25) is 0 Å². The molecule has 0 atom stereocenters. The van der Waals surface area contributed by atoms with Crippen LogP contribution in [-0.2, 0) is 6.54 Å². The molecule has 0 aliphatic carbocycles. The van der Waals surface area contributed by atoms with Crippen molar-refractivity contribution in [3.05, 3.63) is 42.1 Å².